The molecule has 1 unspecified atom stereocenters. The average Bonchev–Trinajstić information content (AvgIpc) is 2.35. The molecule has 16 heavy (non-hydrogen) atoms. The average molecular weight is 222 g/mol. The summed E-state index contributed by atoms with van der Waals surface area (Å²) in [6.45, 7) is 3.97. The molecule has 1 aromatic carbocycles. The molecule has 3 nitrogen and oxygen atoms in total. The first-order valence-corrected chi connectivity index (χ1v) is 5.73. The van der Waals surface area contributed by atoms with Crippen LogP contribution in [0, 0.1) is 0 Å². The van der Waals surface area contributed by atoms with E-state index in [1.165, 1.54) is 5.56 Å². The Labute approximate surface area is 98.2 Å². The maximum absolute atomic E-state index is 5.51. The van der Waals surface area contributed by atoms with Gasteiger partial charge in [-0.15, -0.1) is 0 Å². The lowest BCUT2D eigenvalue weighted by Gasteiger charge is -2.25. The van der Waals surface area contributed by atoms with Gasteiger partial charge in [-0.25, -0.2) is 0 Å². The number of nitrogens with zero attached hydrogens (tertiary/aromatic N) is 1. The monoisotopic (exact) mass is 222 g/mol. The molecule has 1 rings (SSSR count). The van der Waals surface area contributed by atoms with Crippen molar-refractivity contribution < 1.29 is 4.74 Å². The van der Waals surface area contributed by atoms with Crippen LogP contribution in [0.3, 0.4) is 0 Å². The minimum atomic E-state index is 0.390. The number of benzene rings is 1. The zero-order valence-electron chi connectivity index (χ0n) is 10.4. The van der Waals surface area contributed by atoms with Gasteiger partial charge < -0.3 is 10.5 Å². The Hall–Kier alpha value is -1.06. The van der Waals surface area contributed by atoms with E-state index in [2.05, 4.69) is 31.0 Å². The van der Waals surface area contributed by atoms with Gasteiger partial charge in [-0.05, 0) is 51.2 Å². The minimum absolute atomic E-state index is 0.390. The number of methoxy groups -OCH3 is 1. The fourth-order valence-electron chi connectivity index (χ4n) is 1.69. The van der Waals surface area contributed by atoms with Crippen LogP contribution in [0.5, 0.6) is 5.75 Å². The molecule has 0 saturated carbocycles. The van der Waals surface area contributed by atoms with E-state index in [0.717, 1.165) is 25.3 Å². The number of ether oxygens (including phenoxy) is 1. The fraction of sp³-hybridized carbons (Fsp3) is 0.538. The van der Waals surface area contributed by atoms with Crippen molar-refractivity contribution in [3.63, 3.8) is 0 Å². The lowest BCUT2D eigenvalue weighted by Crippen LogP contribution is -2.25. The summed E-state index contributed by atoms with van der Waals surface area (Å²) in [5, 5.41) is 0. The molecule has 0 aromatic heterocycles. The highest BCUT2D eigenvalue weighted by Gasteiger charge is 2.11. The van der Waals surface area contributed by atoms with Gasteiger partial charge in [-0.2, -0.15) is 0 Å². The molecule has 0 saturated heterocycles. The third kappa shape index (κ3) is 3.51. The molecular weight excluding hydrogens is 200 g/mol. The van der Waals surface area contributed by atoms with Crippen LogP contribution >= 0.6 is 0 Å². The SMILES string of the molecule is COc1cccc(C(C)N(C)CCCN)c1. The van der Waals surface area contributed by atoms with Gasteiger partial charge in [-0.1, -0.05) is 12.1 Å². The van der Waals surface area contributed by atoms with Crippen LogP contribution in [0.2, 0.25) is 0 Å². The number of hydrogen-bond acceptors (Lipinski definition) is 3. The summed E-state index contributed by atoms with van der Waals surface area (Å²) >= 11 is 0. The maximum atomic E-state index is 5.51. The van der Waals surface area contributed by atoms with Crippen LogP contribution in [-0.2, 0) is 0 Å². The first-order valence-electron chi connectivity index (χ1n) is 5.73. The van der Waals surface area contributed by atoms with E-state index in [1.54, 1.807) is 7.11 Å². The van der Waals surface area contributed by atoms with Crippen LogP contribution in [0.25, 0.3) is 0 Å². The normalized spacial score (nSPS) is 12.8. The molecule has 0 radical (unpaired) electrons. The zero-order valence-corrected chi connectivity index (χ0v) is 10.4. The van der Waals surface area contributed by atoms with Crippen LogP contribution < -0.4 is 10.5 Å². The Kier molecular flexibility index (Phi) is 5.29. The van der Waals surface area contributed by atoms with Crippen LogP contribution in [0.15, 0.2) is 24.3 Å². The van der Waals surface area contributed by atoms with Gasteiger partial charge in [0.2, 0.25) is 0 Å². The Balaban J connectivity index is 2.67. The molecule has 0 aliphatic heterocycles. The van der Waals surface area contributed by atoms with Crippen molar-refractivity contribution >= 4 is 0 Å². The molecule has 2 N–H and O–H groups in total. The van der Waals surface area contributed by atoms with Gasteiger partial charge in [0.1, 0.15) is 5.75 Å². The van der Waals surface area contributed by atoms with Crippen molar-refractivity contribution in [2.24, 2.45) is 5.73 Å². The van der Waals surface area contributed by atoms with E-state index < -0.39 is 0 Å². The highest BCUT2D eigenvalue weighted by Crippen LogP contribution is 2.22. The van der Waals surface area contributed by atoms with Crippen molar-refractivity contribution in [2.45, 2.75) is 19.4 Å². The summed E-state index contributed by atoms with van der Waals surface area (Å²) in [5.74, 6) is 0.913. The van der Waals surface area contributed by atoms with E-state index in [-0.39, 0.29) is 0 Å². The molecule has 3 heteroatoms. The molecule has 0 amide bonds. The van der Waals surface area contributed by atoms with Crippen LogP contribution in [0.4, 0.5) is 0 Å². The second kappa shape index (κ2) is 6.51. The largest absolute Gasteiger partial charge is 0.497 e. The summed E-state index contributed by atoms with van der Waals surface area (Å²) in [7, 11) is 3.82. The van der Waals surface area contributed by atoms with E-state index in [4.69, 9.17) is 10.5 Å². The number of rotatable bonds is 6. The van der Waals surface area contributed by atoms with Crippen LogP contribution in [-0.4, -0.2) is 32.1 Å². The summed E-state index contributed by atoms with van der Waals surface area (Å²) in [5.41, 5.74) is 6.79. The maximum Gasteiger partial charge on any atom is 0.119 e. The Morgan fingerprint density at radius 3 is 2.81 bits per heavy atom. The quantitative estimate of drug-likeness (QED) is 0.800. The summed E-state index contributed by atoms with van der Waals surface area (Å²) in [6.07, 6.45) is 1.03. The third-order valence-electron chi connectivity index (χ3n) is 2.95. The zero-order chi connectivity index (χ0) is 12.0. The molecule has 0 bridgehead atoms. The smallest absolute Gasteiger partial charge is 0.119 e. The molecule has 1 aromatic rings. The van der Waals surface area contributed by atoms with Gasteiger partial charge in [0, 0.05) is 6.04 Å². The van der Waals surface area contributed by atoms with Crippen molar-refractivity contribution in [2.75, 3.05) is 27.2 Å². The van der Waals surface area contributed by atoms with Gasteiger partial charge in [0.15, 0.2) is 0 Å². The topological polar surface area (TPSA) is 38.5 Å². The van der Waals surface area contributed by atoms with Gasteiger partial charge in [0.05, 0.1) is 7.11 Å². The Morgan fingerprint density at radius 1 is 1.44 bits per heavy atom. The van der Waals surface area contributed by atoms with Crippen molar-refractivity contribution in [1.82, 2.24) is 4.90 Å². The first kappa shape index (κ1) is 13.0. The van der Waals surface area contributed by atoms with Gasteiger partial charge in [-0.3, -0.25) is 4.90 Å². The molecule has 0 spiro atoms. The van der Waals surface area contributed by atoms with Crippen molar-refractivity contribution in [1.29, 1.82) is 0 Å². The van der Waals surface area contributed by atoms with Crippen molar-refractivity contribution in [3.8, 4) is 5.75 Å². The predicted molar refractivity (Wildman–Crippen MR) is 67.7 cm³/mol. The molecule has 0 aliphatic rings. The molecule has 0 heterocycles. The van der Waals surface area contributed by atoms with E-state index in [1.807, 2.05) is 12.1 Å². The van der Waals surface area contributed by atoms with Crippen LogP contribution in [0.1, 0.15) is 24.9 Å². The predicted octanol–water partition coefficient (Wildman–Crippen LogP) is 2.04. The molecular formula is C13H22N2O. The van der Waals surface area contributed by atoms with E-state index in [0.29, 0.717) is 6.04 Å². The molecule has 0 aliphatic carbocycles. The minimum Gasteiger partial charge on any atom is -0.497 e. The van der Waals surface area contributed by atoms with Crippen molar-refractivity contribution in [3.05, 3.63) is 29.8 Å². The molecule has 1 atom stereocenters. The summed E-state index contributed by atoms with van der Waals surface area (Å²) in [4.78, 5) is 2.31. The summed E-state index contributed by atoms with van der Waals surface area (Å²) < 4.78 is 5.23. The summed E-state index contributed by atoms with van der Waals surface area (Å²) in [6, 6.07) is 8.61. The third-order valence-corrected chi connectivity index (χ3v) is 2.95. The number of hydrogen-bond donors (Lipinski definition) is 1. The fourth-order valence-corrected chi connectivity index (χ4v) is 1.69. The second-order valence-electron chi connectivity index (χ2n) is 4.08. The lowest BCUT2D eigenvalue weighted by atomic mass is 10.1. The highest BCUT2D eigenvalue weighted by atomic mass is 16.5. The Morgan fingerprint density at radius 2 is 2.19 bits per heavy atom. The number of nitrogens with two attached hydrogens (primary N) is 1. The van der Waals surface area contributed by atoms with E-state index in [9.17, 15) is 0 Å². The lowest BCUT2D eigenvalue weighted by molar-refractivity contribution is 0.259. The molecule has 0 fully saturated rings. The van der Waals surface area contributed by atoms with E-state index >= 15 is 0 Å². The van der Waals surface area contributed by atoms with Gasteiger partial charge in [0.25, 0.3) is 0 Å². The first-order chi connectivity index (χ1) is 7.69. The standard InChI is InChI=1S/C13H22N2O/c1-11(15(2)9-5-8-14)12-6-4-7-13(10-12)16-3/h4,6-7,10-11H,5,8-9,14H2,1-3H3. The highest BCUT2D eigenvalue weighted by molar-refractivity contribution is 5.30. The molecule has 90 valence electrons. The second-order valence-corrected chi connectivity index (χ2v) is 4.08. The Bertz CT molecular complexity index is 315. The van der Waals surface area contributed by atoms with Gasteiger partial charge >= 0.3 is 0 Å².